The summed E-state index contributed by atoms with van der Waals surface area (Å²) in [5, 5.41) is 11.3. The van der Waals surface area contributed by atoms with Crippen LogP contribution in [0.5, 0.6) is 0 Å². The van der Waals surface area contributed by atoms with Gasteiger partial charge in [-0.2, -0.15) is 0 Å². The van der Waals surface area contributed by atoms with Crippen molar-refractivity contribution in [3.05, 3.63) is 17.7 Å². The number of rotatable bonds is 4. The summed E-state index contributed by atoms with van der Waals surface area (Å²) in [6.45, 7) is 7.44. The molecule has 110 valence electrons. The molecule has 2 heterocycles. The molecule has 1 aliphatic rings. The Morgan fingerprint density at radius 2 is 2.00 bits per heavy atom. The number of anilines is 1. The zero-order valence-corrected chi connectivity index (χ0v) is 12.1. The van der Waals surface area contributed by atoms with Gasteiger partial charge < -0.3 is 15.4 Å². The molecule has 2 N–H and O–H groups in total. The number of piperazine rings is 1. The second-order valence-corrected chi connectivity index (χ2v) is 5.35. The van der Waals surface area contributed by atoms with E-state index in [9.17, 15) is 9.90 Å². The van der Waals surface area contributed by atoms with Crippen LogP contribution in [0.15, 0.2) is 6.20 Å². The number of aromatic carboxylic acids is 1. The lowest BCUT2D eigenvalue weighted by Gasteiger charge is -2.33. The van der Waals surface area contributed by atoms with Crippen LogP contribution in [0.1, 0.15) is 36.1 Å². The zero-order valence-electron chi connectivity index (χ0n) is 12.1. The molecule has 0 radical (unpaired) electrons. The van der Waals surface area contributed by atoms with Gasteiger partial charge in [0.1, 0.15) is 11.5 Å². The highest BCUT2D eigenvalue weighted by molar-refractivity contribution is 5.91. The number of hydrazine groups is 1. The van der Waals surface area contributed by atoms with Gasteiger partial charge in [-0.1, -0.05) is 13.8 Å². The van der Waals surface area contributed by atoms with E-state index in [0.717, 1.165) is 26.2 Å². The minimum Gasteiger partial charge on any atom is -0.476 e. The molecule has 0 bridgehead atoms. The Morgan fingerprint density at radius 3 is 2.55 bits per heavy atom. The van der Waals surface area contributed by atoms with E-state index in [0.29, 0.717) is 11.5 Å². The maximum absolute atomic E-state index is 11.3. The van der Waals surface area contributed by atoms with Crippen LogP contribution in [0.25, 0.3) is 0 Å². The molecule has 20 heavy (non-hydrogen) atoms. The molecule has 0 unspecified atom stereocenters. The van der Waals surface area contributed by atoms with Gasteiger partial charge in [0.2, 0.25) is 0 Å². The van der Waals surface area contributed by atoms with E-state index in [4.69, 9.17) is 0 Å². The predicted molar refractivity (Wildman–Crippen MR) is 75.8 cm³/mol. The molecule has 0 spiro atoms. The van der Waals surface area contributed by atoms with Crippen LogP contribution in [-0.2, 0) is 0 Å². The molecule has 0 saturated carbocycles. The highest BCUT2D eigenvalue weighted by Gasteiger charge is 2.19. The number of carboxylic acids is 1. The Kier molecular flexibility index (Phi) is 4.51. The van der Waals surface area contributed by atoms with Gasteiger partial charge in [-0.25, -0.2) is 19.8 Å². The molecule has 2 rings (SSSR count). The van der Waals surface area contributed by atoms with Crippen molar-refractivity contribution < 1.29 is 9.90 Å². The largest absolute Gasteiger partial charge is 0.476 e. The fraction of sp³-hybridized carbons (Fsp3) is 0.615. The molecule has 7 heteroatoms. The van der Waals surface area contributed by atoms with Crippen LogP contribution in [0, 0.1) is 0 Å². The van der Waals surface area contributed by atoms with Crippen molar-refractivity contribution in [3.63, 3.8) is 0 Å². The summed E-state index contributed by atoms with van der Waals surface area (Å²) < 4.78 is 0. The number of nitrogens with zero attached hydrogens (tertiary/aromatic N) is 4. The van der Waals surface area contributed by atoms with Gasteiger partial charge in [0.25, 0.3) is 0 Å². The van der Waals surface area contributed by atoms with Crippen molar-refractivity contribution in [2.75, 3.05) is 38.7 Å². The topological polar surface area (TPSA) is 81.6 Å². The second-order valence-electron chi connectivity index (χ2n) is 5.35. The van der Waals surface area contributed by atoms with Crippen molar-refractivity contribution in [1.29, 1.82) is 0 Å². The van der Waals surface area contributed by atoms with Crippen LogP contribution >= 0.6 is 0 Å². The first kappa shape index (κ1) is 14.7. The average molecular weight is 279 g/mol. The molecule has 1 saturated heterocycles. The fourth-order valence-electron chi connectivity index (χ4n) is 2.01. The van der Waals surface area contributed by atoms with Crippen molar-refractivity contribution in [3.8, 4) is 0 Å². The molecular weight excluding hydrogens is 258 g/mol. The number of carbonyl (C=O) groups is 1. The maximum atomic E-state index is 11.3. The van der Waals surface area contributed by atoms with E-state index in [1.807, 2.05) is 18.9 Å². The van der Waals surface area contributed by atoms with Gasteiger partial charge in [-0.3, -0.25) is 0 Å². The number of hydrogen-bond acceptors (Lipinski definition) is 6. The summed E-state index contributed by atoms with van der Waals surface area (Å²) in [5.41, 5.74) is 3.60. The van der Waals surface area contributed by atoms with Gasteiger partial charge in [-0.15, -0.1) is 0 Å². The van der Waals surface area contributed by atoms with Gasteiger partial charge in [0.05, 0.1) is 6.20 Å². The van der Waals surface area contributed by atoms with Crippen molar-refractivity contribution in [1.82, 2.24) is 19.9 Å². The zero-order chi connectivity index (χ0) is 14.7. The molecule has 1 aromatic heterocycles. The lowest BCUT2D eigenvalue weighted by atomic mass is 10.2. The molecular formula is C13H21N5O2. The molecule has 1 fully saturated rings. The van der Waals surface area contributed by atoms with Crippen LogP contribution in [-0.4, -0.2) is 64.2 Å². The third-order valence-electron chi connectivity index (χ3n) is 3.31. The van der Waals surface area contributed by atoms with E-state index in [2.05, 4.69) is 27.3 Å². The van der Waals surface area contributed by atoms with Crippen molar-refractivity contribution in [2.45, 2.75) is 19.8 Å². The number of hydrogen-bond donors (Lipinski definition) is 2. The van der Waals surface area contributed by atoms with Crippen LogP contribution < -0.4 is 5.43 Å². The van der Waals surface area contributed by atoms with Crippen LogP contribution in [0.4, 0.5) is 5.69 Å². The maximum Gasteiger partial charge on any atom is 0.356 e. The fourth-order valence-corrected chi connectivity index (χ4v) is 2.01. The number of likely N-dealkylation sites (N-methyl/N-ethyl adjacent to an activating group) is 1. The standard InChI is InChI=1S/C13H21N5O2/c1-9(2)12-14-8-10(11(15-12)13(19)20)16-18-6-4-17(3)5-7-18/h8-9,16H,4-7H2,1-3H3,(H,19,20). The second kappa shape index (κ2) is 6.15. The summed E-state index contributed by atoms with van der Waals surface area (Å²) >= 11 is 0. The quantitative estimate of drug-likeness (QED) is 0.846. The monoisotopic (exact) mass is 279 g/mol. The van der Waals surface area contributed by atoms with E-state index in [-0.39, 0.29) is 11.6 Å². The highest BCUT2D eigenvalue weighted by Crippen LogP contribution is 2.17. The van der Waals surface area contributed by atoms with E-state index >= 15 is 0 Å². The van der Waals surface area contributed by atoms with Crippen molar-refractivity contribution in [2.24, 2.45) is 0 Å². The normalized spacial score (nSPS) is 17.4. The van der Waals surface area contributed by atoms with Crippen LogP contribution in [0.3, 0.4) is 0 Å². The molecule has 7 nitrogen and oxygen atoms in total. The highest BCUT2D eigenvalue weighted by atomic mass is 16.4. The van der Waals surface area contributed by atoms with E-state index in [1.54, 1.807) is 6.20 Å². The number of carboxylic acid groups (broad SMARTS) is 1. The first-order valence-electron chi connectivity index (χ1n) is 6.77. The molecule has 0 amide bonds. The van der Waals surface area contributed by atoms with Gasteiger partial charge in [-0.05, 0) is 7.05 Å². The lowest BCUT2D eigenvalue weighted by Crippen LogP contribution is -2.47. The Balaban J connectivity index is 2.16. The summed E-state index contributed by atoms with van der Waals surface area (Å²) in [6.07, 6.45) is 1.56. The number of aromatic nitrogens is 2. The minimum atomic E-state index is -1.04. The SMILES string of the molecule is CC(C)c1ncc(NN2CCN(C)CC2)c(C(=O)O)n1. The Morgan fingerprint density at radius 1 is 1.35 bits per heavy atom. The van der Waals surface area contributed by atoms with Gasteiger partial charge in [0.15, 0.2) is 5.69 Å². The third-order valence-corrected chi connectivity index (χ3v) is 3.31. The summed E-state index contributed by atoms with van der Waals surface area (Å²) in [7, 11) is 2.07. The third kappa shape index (κ3) is 3.43. The summed E-state index contributed by atoms with van der Waals surface area (Å²) in [5.74, 6) is -0.386. The van der Waals surface area contributed by atoms with E-state index in [1.165, 1.54) is 0 Å². The summed E-state index contributed by atoms with van der Waals surface area (Å²) in [4.78, 5) is 21.9. The molecule has 0 aromatic carbocycles. The number of nitrogens with one attached hydrogen (secondary N) is 1. The Labute approximate surface area is 118 Å². The first-order valence-corrected chi connectivity index (χ1v) is 6.77. The van der Waals surface area contributed by atoms with Gasteiger partial charge in [0, 0.05) is 32.1 Å². The summed E-state index contributed by atoms with van der Waals surface area (Å²) in [6, 6.07) is 0. The smallest absolute Gasteiger partial charge is 0.356 e. The molecule has 0 atom stereocenters. The van der Waals surface area contributed by atoms with Crippen molar-refractivity contribution >= 4 is 11.7 Å². The van der Waals surface area contributed by atoms with Crippen LogP contribution in [0.2, 0.25) is 0 Å². The predicted octanol–water partition coefficient (Wildman–Crippen LogP) is 0.872. The Hall–Kier alpha value is -1.73. The Bertz CT molecular complexity index is 484. The first-order chi connectivity index (χ1) is 9.47. The molecule has 1 aliphatic heterocycles. The lowest BCUT2D eigenvalue weighted by molar-refractivity contribution is 0.0690. The molecule has 0 aliphatic carbocycles. The molecule has 1 aromatic rings. The minimum absolute atomic E-state index is 0.0302. The average Bonchev–Trinajstić information content (AvgIpc) is 2.41. The van der Waals surface area contributed by atoms with Gasteiger partial charge >= 0.3 is 5.97 Å². The van der Waals surface area contributed by atoms with E-state index < -0.39 is 5.97 Å².